The molecule has 1 N–H and O–H groups in total. The number of nitrogens with zero attached hydrogens (tertiary/aromatic N) is 1. The zero-order valence-corrected chi connectivity index (χ0v) is 9.88. The van der Waals surface area contributed by atoms with Crippen LogP contribution in [0, 0.1) is 0 Å². The molecule has 0 aliphatic carbocycles. The van der Waals surface area contributed by atoms with Crippen molar-refractivity contribution in [2.45, 2.75) is 39.2 Å². The molecular formula is C12H22N2O. The molecule has 0 aromatic heterocycles. The van der Waals surface area contributed by atoms with E-state index in [1.807, 2.05) is 0 Å². The van der Waals surface area contributed by atoms with E-state index in [-0.39, 0.29) is 5.91 Å². The molecule has 1 atom stereocenters. The van der Waals surface area contributed by atoms with Crippen LogP contribution in [0.15, 0.2) is 12.2 Å². The predicted molar refractivity (Wildman–Crippen MR) is 62.7 cm³/mol. The van der Waals surface area contributed by atoms with Crippen molar-refractivity contribution >= 4 is 5.91 Å². The van der Waals surface area contributed by atoms with Gasteiger partial charge in [0.15, 0.2) is 0 Å². The first-order chi connectivity index (χ1) is 7.11. The highest BCUT2D eigenvalue weighted by Gasteiger charge is 2.17. The average Bonchev–Trinajstić information content (AvgIpc) is 2.20. The minimum Gasteiger partial charge on any atom is -0.351 e. The molecular weight excluding hydrogens is 188 g/mol. The second-order valence-electron chi connectivity index (χ2n) is 4.42. The molecule has 1 aliphatic rings. The standard InChI is InChI=1S/C12H22N2O/c1-10(2)12(15)13-7-9-14-8-5-4-6-11(14)3/h11H,1,4-9H2,2-3H3,(H,13,15). The Kier molecular flexibility index (Phi) is 4.82. The first kappa shape index (κ1) is 12.2. The van der Waals surface area contributed by atoms with Crippen LogP contribution in [0.25, 0.3) is 0 Å². The summed E-state index contributed by atoms with van der Waals surface area (Å²) in [6.45, 7) is 10.5. The molecule has 1 rings (SSSR count). The Hall–Kier alpha value is -0.830. The maximum absolute atomic E-state index is 11.2. The van der Waals surface area contributed by atoms with Crippen molar-refractivity contribution in [2.24, 2.45) is 0 Å². The monoisotopic (exact) mass is 210 g/mol. The molecule has 0 radical (unpaired) electrons. The number of carbonyl (C=O) groups excluding carboxylic acids is 1. The van der Waals surface area contributed by atoms with Gasteiger partial charge >= 0.3 is 0 Å². The number of hydrogen-bond acceptors (Lipinski definition) is 2. The molecule has 1 fully saturated rings. The summed E-state index contributed by atoms with van der Waals surface area (Å²) in [4.78, 5) is 13.7. The Balaban J connectivity index is 2.19. The van der Waals surface area contributed by atoms with Crippen LogP contribution in [0.4, 0.5) is 0 Å². The third kappa shape index (κ3) is 4.04. The number of nitrogens with one attached hydrogen (secondary N) is 1. The molecule has 0 aromatic carbocycles. The lowest BCUT2D eigenvalue weighted by molar-refractivity contribution is -0.117. The number of hydrogen-bond donors (Lipinski definition) is 1. The summed E-state index contributed by atoms with van der Waals surface area (Å²) >= 11 is 0. The van der Waals surface area contributed by atoms with Crippen molar-refractivity contribution < 1.29 is 4.79 Å². The van der Waals surface area contributed by atoms with Crippen LogP contribution in [-0.2, 0) is 4.79 Å². The van der Waals surface area contributed by atoms with Crippen LogP contribution < -0.4 is 5.32 Å². The normalized spacial score (nSPS) is 22.4. The van der Waals surface area contributed by atoms with Crippen molar-refractivity contribution in [3.05, 3.63) is 12.2 Å². The van der Waals surface area contributed by atoms with Gasteiger partial charge in [0.05, 0.1) is 0 Å². The van der Waals surface area contributed by atoms with E-state index < -0.39 is 0 Å². The summed E-state index contributed by atoms with van der Waals surface area (Å²) in [7, 11) is 0. The number of rotatable bonds is 4. The molecule has 0 bridgehead atoms. The SMILES string of the molecule is C=C(C)C(=O)NCCN1CCCCC1C. The third-order valence-electron chi connectivity index (χ3n) is 3.01. The summed E-state index contributed by atoms with van der Waals surface area (Å²) in [6.07, 6.45) is 3.92. The highest BCUT2D eigenvalue weighted by Crippen LogP contribution is 2.15. The summed E-state index contributed by atoms with van der Waals surface area (Å²) in [5.74, 6) is -0.0281. The summed E-state index contributed by atoms with van der Waals surface area (Å²) < 4.78 is 0. The maximum Gasteiger partial charge on any atom is 0.246 e. The van der Waals surface area contributed by atoms with Crippen LogP contribution in [0.2, 0.25) is 0 Å². The Morgan fingerprint density at radius 1 is 1.53 bits per heavy atom. The van der Waals surface area contributed by atoms with E-state index in [2.05, 4.69) is 23.7 Å². The van der Waals surface area contributed by atoms with Gasteiger partial charge in [0, 0.05) is 24.7 Å². The van der Waals surface area contributed by atoms with Crippen LogP contribution in [-0.4, -0.2) is 36.5 Å². The Bertz CT molecular complexity index is 238. The van der Waals surface area contributed by atoms with Gasteiger partial charge in [-0.15, -0.1) is 0 Å². The third-order valence-corrected chi connectivity index (χ3v) is 3.01. The molecule has 0 saturated carbocycles. The number of piperidine rings is 1. The fourth-order valence-electron chi connectivity index (χ4n) is 1.95. The van der Waals surface area contributed by atoms with Crippen molar-refractivity contribution in [1.82, 2.24) is 10.2 Å². The molecule has 1 aliphatic heterocycles. The van der Waals surface area contributed by atoms with Gasteiger partial charge in [-0.3, -0.25) is 9.69 Å². The van der Waals surface area contributed by atoms with E-state index in [9.17, 15) is 4.79 Å². The molecule has 1 unspecified atom stereocenters. The summed E-state index contributed by atoms with van der Waals surface area (Å²) in [6, 6.07) is 0.667. The van der Waals surface area contributed by atoms with Crippen LogP contribution in [0.1, 0.15) is 33.1 Å². The first-order valence-corrected chi connectivity index (χ1v) is 5.79. The molecule has 0 spiro atoms. The Morgan fingerprint density at radius 2 is 2.27 bits per heavy atom. The molecule has 1 saturated heterocycles. The average molecular weight is 210 g/mol. The highest BCUT2D eigenvalue weighted by molar-refractivity contribution is 5.92. The van der Waals surface area contributed by atoms with Gasteiger partial charge in [0.25, 0.3) is 0 Å². The van der Waals surface area contributed by atoms with Gasteiger partial charge in [-0.05, 0) is 33.2 Å². The molecule has 3 heteroatoms. The molecule has 3 nitrogen and oxygen atoms in total. The fourth-order valence-corrected chi connectivity index (χ4v) is 1.95. The zero-order chi connectivity index (χ0) is 11.3. The second kappa shape index (κ2) is 5.91. The molecule has 1 amide bonds. The van der Waals surface area contributed by atoms with Gasteiger partial charge in [-0.2, -0.15) is 0 Å². The number of amides is 1. The molecule has 1 heterocycles. The lowest BCUT2D eigenvalue weighted by atomic mass is 10.0. The minimum atomic E-state index is -0.0281. The van der Waals surface area contributed by atoms with Gasteiger partial charge < -0.3 is 5.32 Å². The van der Waals surface area contributed by atoms with Gasteiger partial charge in [-0.25, -0.2) is 0 Å². The van der Waals surface area contributed by atoms with Crippen molar-refractivity contribution in [3.63, 3.8) is 0 Å². The van der Waals surface area contributed by atoms with E-state index >= 15 is 0 Å². The van der Waals surface area contributed by atoms with E-state index in [4.69, 9.17) is 0 Å². The topological polar surface area (TPSA) is 32.3 Å². The summed E-state index contributed by atoms with van der Waals surface area (Å²) in [5.41, 5.74) is 0.585. The molecule has 86 valence electrons. The zero-order valence-electron chi connectivity index (χ0n) is 9.88. The van der Waals surface area contributed by atoms with Crippen molar-refractivity contribution in [3.8, 4) is 0 Å². The highest BCUT2D eigenvalue weighted by atomic mass is 16.1. The van der Waals surface area contributed by atoms with Gasteiger partial charge in [-0.1, -0.05) is 13.0 Å². The number of likely N-dealkylation sites (tertiary alicyclic amines) is 1. The summed E-state index contributed by atoms with van der Waals surface area (Å²) in [5, 5.41) is 2.87. The van der Waals surface area contributed by atoms with Crippen molar-refractivity contribution in [1.29, 1.82) is 0 Å². The smallest absolute Gasteiger partial charge is 0.246 e. The maximum atomic E-state index is 11.2. The Labute approximate surface area is 92.5 Å². The minimum absolute atomic E-state index is 0.0281. The predicted octanol–water partition coefficient (Wildman–Crippen LogP) is 1.55. The van der Waals surface area contributed by atoms with Crippen LogP contribution in [0.5, 0.6) is 0 Å². The van der Waals surface area contributed by atoms with E-state index in [0.29, 0.717) is 11.6 Å². The lowest BCUT2D eigenvalue weighted by Gasteiger charge is -2.33. The fraction of sp³-hybridized carbons (Fsp3) is 0.750. The second-order valence-corrected chi connectivity index (χ2v) is 4.42. The molecule has 15 heavy (non-hydrogen) atoms. The quantitative estimate of drug-likeness (QED) is 0.714. The van der Waals surface area contributed by atoms with Crippen LogP contribution in [0.3, 0.4) is 0 Å². The van der Waals surface area contributed by atoms with Gasteiger partial charge in [0.2, 0.25) is 5.91 Å². The van der Waals surface area contributed by atoms with Crippen LogP contribution >= 0.6 is 0 Å². The van der Waals surface area contributed by atoms with E-state index in [1.54, 1.807) is 6.92 Å². The van der Waals surface area contributed by atoms with E-state index in [0.717, 1.165) is 13.1 Å². The molecule has 0 aromatic rings. The van der Waals surface area contributed by atoms with E-state index in [1.165, 1.54) is 25.8 Å². The van der Waals surface area contributed by atoms with Crippen molar-refractivity contribution in [2.75, 3.05) is 19.6 Å². The largest absolute Gasteiger partial charge is 0.351 e. The van der Waals surface area contributed by atoms with Gasteiger partial charge in [0.1, 0.15) is 0 Å². The Morgan fingerprint density at radius 3 is 2.87 bits per heavy atom. The first-order valence-electron chi connectivity index (χ1n) is 5.79. The number of carbonyl (C=O) groups is 1. The lowest BCUT2D eigenvalue weighted by Crippen LogP contribution is -2.42.